The van der Waals surface area contributed by atoms with Crippen molar-refractivity contribution in [1.29, 1.82) is 0 Å². The van der Waals surface area contributed by atoms with Crippen molar-refractivity contribution in [2.24, 2.45) is 0 Å². The van der Waals surface area contributed by atoms with Gasteiger partial charge in [-0.05, 0) is 60.4 Å². The Kier molecular flexibility index (Phi) is 8.76. The number of rotatable bonds is 11. The fourth-order valence-corrected chi connectivity index (χ4v) is 4.70. The molecule has 1 fully saturated rings. The van der Waals surface area contributed by atoms with E-state index >= 15 is 0 Å². The number of aromatic nitrogens is 2. The van der Waals surface area contributed by atoms with Crippen molar-refractivity contribution < 1.29 is 28.2 Å². The van der Waals surface area contributed by atoms with Crippen molar-refractivity contribution in [3.63, 3.8) is 0 Å². The molecule has 7 nitrogen and oxygen atoms in total. The zero-order valence-corrected chi connectivity index (χ0v) is 21.5. The fourth-order valence-electron chi connectivity index (χ4n) is 4.70. The molecule has 38 heavy (non-hydrogen) atoms. The Balaban J connectivity index is 1.52. The summed E-state index contributed by atoms with van der Waals surface area (Å²) in [6.45, 7) is 1.45. The zero-order chi connectivity index (χ0) is 27.1. The van der Waals surface area contributed by atoms with Crippen LogP contribution in [0.5, 0.6) is 5.75 Å². The van der Waals surface area contributed by atoms with E-state index in [1.54, 1.807) is 28.9 Å². The number of alkyl halides is 2. The maximum Gasteiger partial charge on any atom is 0.397 e. The molecule has 2 aromatic carbocycles. The van der Waals surface area contributed by atoms with Crippen LogP contribution in [0.25, 0.3) is 5.69 Å². The lowest BCUT2D eigenvalue weighted by molar-refractivity contribution is -0.177. The number of halogens is 2. The van der Waals surface area contributed by atoms with Crippen LogP contribution < -0.4 is 10.1 Å². The molecule has 2 N–H and O–H groups in total. The molecule has 202 valence electrons. The van der Waals surface area contributed by atoms with Crippen LogP contribution in [-0.4, -0.2) is 39.4 Å². The molecule has 1 aliphatic rings. The van der Waals surface area contributed by atoms with Gasteiger partial charge in [-0.3, -0.25) is 9.59 Å². The molecule has 3 aromatic rings. The van der Waals surface area contributed by atoms with E-state index in [1.165, 1.54) is 38.3 Å². The molecule has 4 rings (SSSR count). The Morgan fingerprint density at radius 1 is 1.08 bits per heavy atom. The maximum absolute atomic E-state index is 13.6. The highest BCUT2D eigenvalue weighted by Gasteiger charge is 2.28. The lowest BCUT2D eigenvalue weighted by atomic mass is 9.85. The summed E-state index contributed by atoms with van der Waals surface area (Å²) in [6, 6.07) is 13.8. The van der Waals surface area contributed by atoms with Gasteiger partial charge in [-0.25, -0.2) is 4.68 Å². The average Bonchev–Trinajstić information content (AvgIpc) is 3.33. The number of carbonyl (C=O) groups excluding carboxylic acids is 1. The van der Waals surface area contributed by atoms with E-state index in [-0.39, 0.29) is 24.6 Å². The predicted molar refractivity (Wildman–Crippen MR) is 139 cm³/mol. The van der Waals surface area contributed by atoms with E-state index < -0.39 is 18.5 Å². The SMILES string of the molecule is CCC(F)(F)Oc1ccc(-n2cc(Cc3ccc(C(=O)NCCC(=O)O)cc3)c(C3CCCCC3)n2)cc1. The van der Waals surface area contributed by atoms with Gasteiger partial charge in [-0.15, -0.1) is 0 Å². The van der Waals surface area contributed by atoms with Crippen LogP contribution in [0.1, 0.15) is 85.0 Å². The second-order valence-electron chi connectivity index (χ2n) is 9.68. The van der Waals surface area contributed by atoms with Crippen molar-refractivity contribution in [2.45, 2.75) is 70.3 Å². The molecule has 0 spiro atoms. The monoisotopic (exact) mass is 525 g/mol. The first-order chi connectivity index (χ1) is 18.2. The van der Waals surface area contributed by atoms with Crippen LogP contribution in [0.2, 0.25) is 0 Å². The van der Waals surface area contributed by atoms with E-state index in [0.717, 1.165) is 35.3 Å². The number of amides is 1. The number of aliphatic carboxylic acids is 1. The van der Waals surface area contributed by atoms with Gasteiger partial charge in [-0.2, -0.15) is 13.9 Å². The van der Waals surface area contributed by atoms with Crippen molar-refractivity contribution >= 4 is 11.9 Å². The summed E-state index contributed by atoms with van der Waals surface area (Å²) in [5, 5.41) is 16.3. The van der Waals surface area contributed by atoms with Gasteiger partial charge >= 0.3 is 12.1 Å². The van der Waals surface area contributed by atoms with Crippen LogP contribution in [0.4, 0.5) is 8.78 Å². The van der Waals surface area contributed by atoms with Gasteiger partial charge in [0.2, 0.25) is 0 Å². The Morgan fingerprint density at radius 3 is 2.39 bits per heavy atom. The third-order valence-corrected chi connectivity index (χ3v) is 6.83. The minimum absolute atomic E-state index is 0.0774. The molecule has 1 saturated carbocycles. The molecule has 0 bridgehead atoms. The average molecular weight is 526 g/mol. The Morgan fingerprint density at radius 2 is 1.76 bits per heavy atom. The Hall–Kier alpha value is -3.75. The molecule has 0 unspecified atom stereocenters. The number of carbonyl (C=O) groups is 2. The number of hydrogen-bond donors (Lipinski definition) is 2. The molecule has 1 aliphatic carbocycles. The summed E-state index contributed by atoms with van der Waals surface area (Å²) < 4.78 is 33.8. The molecular weight excluding hydrogens is 492 g/mol. The number of nitrogens with zero attached hydrogens (tertiary/aromatic N) is 2. The standard InChI is InChI=1S/C29H33F2N3O4/c1-2-29(30,31)38-25-14-12-24(13-15-25)34-19-23(27(33-34)21-6-4-3-5-7-21)18-20-8-10-22(11-9-20)28(37)32-17-16-26(35)36/h8-15,19,21H,2-7,16-18H2,1H3,(H,32,37)(H,35,36). The van der Waals surface area contributed by atoms with Crippen molar-refractivity contribution in [3.8, 4) is 11.4 Å². The molecule has 1 aromatic heterocycles. The third-order valence-electron chi connectivity index (χ3n) is 6.83. The lowest BCUT2D eigenvalue weighted by Gasteiger charge is -2.21. The smallest absolute Gasteiger partial charge is 0.397 e. The summed E-state index contributed by atoms with van der Waals surface area (Å²) in [6.07, 6.45) is 4.62. The number of benzene rings is 2. The summed E-state index contributed by atoms with van der Waals surface area (Å²) in [7, 11) is 0. The van der Waals surface area contributed by atoms with Crippen LogP contribution in [-0.2, 0) is 11.2 Å². The van der Waals surface area contributed by atoms with Gasteiger partial charge < -0.3 is 15.2 Å². The van der Waals surface area contributed by atoms with Crippen LogP contribution in [0.3, 0.4) is 0 Å². The minimum atomic E-state index is -3.21. The highest BCUT2D eigenvalue weighted by atomic mass is 19.3. The summed E-state index contributed by atoms with van der Waals surface area (Å²) >= 11 is 0. The second-order valence-corrected chi connectivity index (χ2v) is 9.68. The normalized spacial score (nSPS) is 14.3. The van der Waals surface area contributed by atoms with E-state index in [9.17, 15) is 18.4 Å². The molecule has 0 atom stereocenters. The summed E-state index contributed by atoms with van der Waals surface area (Å²) in [5.74, 6) is -0.798. The fraction of sp³-hybridized carbons (Fsp3) is 0.414. The van der Waals surface area contributed by atoms with Crippen molar-refractivity contribution in [1.82, 2.24) is 15.1 Å². The highest BCUT2D eigenvalue weighted by molar-refractivity contribution is 5.94. The maximum atomic E-state index is 13.6. The summed E-state index contributed by atoms with van der Waals surface area (Å²) in [5.41, 5.74) is 4.40. The van der Waals surface area contributed by atoms with Gasteiger partial charge in [0.05, 0.1) is 17.8 Å². The van der Waals surface area contributed by atoms with Crippen LogP contribution in [0.15, 0.2) is 54.7 Å². The van der Waals surface area contributed by atoms with Crippen LogP contribution >= 0.6 is 0 Å². The molecule has 1 heterocycles. The van der Waals surface area contributed by atoms with Gasteiger partial charge in [0, 0.05) is 37.1 Å². The quantitative estimate of drug-likeness (QED) is 0.316. The number of hydrogen-bond acceptors (Lipinski definition) is 4. The third kappa shape index (κ3) is 7.18. The molecule has 1 amide bonds. The van der Waals surface area contributed by atoms with E-state index in [1.807, 2.05) is 18.3 Å². The van der Waals surface area contributed by atoms with Crippen LogP contribution in [0, 0.1) is 0 Å². The second kappa shape index (κ2) is 12.2. The number of nitrogens with one attached hydrogen (secondary N) is 1. The Bertz CT molecular complexity index is 1230. The topological polar surface area (TPSA) is 93.5 Å². The minimum Gasteiger partial charge on any atom is -0.481 e. The van der Waals surface area contributed by atoms with E-state index in [2.05, 4.69) is 5.32 Å². The van der Waals surface area contributed by atoms with Gasteiger partial charge in [-0.1, -0.05) is 38.3 Å². The first kappa shape index (κ1) is 27.3. The first-order valence-corrected chi connectivity index (χ1v) is 13.1. The number of carboxylic acid groups (broad SMARTS) is 1. The molecule has 0 radical (unpaired) electrons. The largest absolute Gasteiger partial charge is 0.481 e. The Labute approximate surface area is 220 Å². The van der Waals surface area contributed by atoms with E-state index in [4.69, 9.17) is 14.9 Å². The first-order valence-electron chi connectivity index (χ1n) is 13.1. The number of ether oxygens (including phenoxy) is 1. The van der Waals surface area contributed by atoms with Crippen molar-refractivity contribution in [2.75, 3.05) is 6.54 Å². The molecule has 0 saturated heterocycles. The van der Waals surface area contributed by atoms with E-state index in [0.29, 0.717) is 17.9 Å². The van der Waals surface area contributed by atoms with Gasteiger partial charge in [0.25, 0.3) is 5.91 Å². The number of carboxylic acids is 1. The van der Waals surface area contributed by atoms with Gasteiger partial charge in [0.15, 0.2) is 0 Å². The zero-order valence-electron chi connectivity index (χ0n) is 21.5. The van der Waals surface area contributed by atoms with Gasteiger partial charge in [0.1, 0.15) is 5.75 Å². The lowest BCUT2D eigenvalue weighted by Crippen LogP contribution is -2.25. The molecule has 9 heteroatoms. The highest BCUT2D eigenvalue weighted by Crippen LogP contribution is 2.35. The predicted octanol–water partition coefficient (Wildman–Crippen LogP) is 6.10. The molecule has 0 aliphatic heterocycles. The van der Waals surface area contributed by atoms with Crippen molar-refractivity contribution in [3.05, 3.63) is 77.1 Å². The summed E-state index contributed by atoms with van der Waals surface area (Å²) in [4.78, 5) is 22.9. The molecular formula is C29H33F2N3O4.